The third kappa shape index (κ3) is 18.6. The number of primary amides is 1. The molecule has 3 saturated heterocycles. The first kappa shape index (κ1) is 85.9. The van der Waals surface area contributed by atoms with Crippen molar-refractivity contribution in [2.24, 2.45) is 28.4 Å². The average Bonchev–Trinajstić information content (AvgIpc) is 0.766. The van der Waals surface area contributed by atoms with E-state index in [1.54, 1.807) is 55.4 Å². The number of aliphatic hydroxyl groups is 6. The summed E-state index contributed by atoms with van der Waals surface area (Å²) in [5, 5.41) is 131. The Hall–Kier alpha value is -8.52. The number of rotatable bonds is 15. The van der Waals surface area contributed by atoms with E-state index in [0.717, 1.165) is 24.3 Å². The smallest absolute Gasteiger partial charge is 0.330 e. The summed E-state index contributed by atoms with van der Waals surface area (Å²) < 4.78 is 52.6. The molecule has 0 unspecified atom stereocenters. The number of Topliss-reactive ketones (excluding diaryl/α,β-unsaturated/α-hetero) is 1. The number of aryl methyl sites for hydroxylation is 1. The summed E-state index contributed by atoms with van der Waals surface area (Å²) in [6.45, 7) is 15.3. The van der Waals surface area contributed by atoms with E-state index in [1.165, 1.54) is 54.6 Å². The molecule has 603 valence electrons. The van der Waals surface area contributed by atoms with E-state index in [1.807, 2.05) is 13.8 Å². The van der Waals surface area contributed by atoms with Crippen LogP contribution in [0.3, 0.4) is 0 Å². The van der Waals surface area contributed by atoms with Gasteiger partial charge >= 0.3 is 5.97 Å². The van der Waals surface area contributed by atoms with Crippen molar-refractivity contribution in [3.05, 3.63) is 118 Å². The summed E-state index contributed by atoms with van der Waals surface area (Å²) >= 11 is 0. The minimum atomic E-state index is -2.22. The second kappa shape index (κ2) is 35.1. The van der Waals surface area contributed by atoms with Gasteiger partial charge in [-0.25, -0.2) is 4.79 Å². The van der Waals surface area contributed by atoms with Gasteiger partial charge in [-0.05, 0) is 115 Å². The van der Waals surface area contributed by atoms with E-state index in [2.05, 4.69) is 38.0 Å². The van der Waals surface area contributed by atoms with E-state index in [9.17, 15) is 70.2 Å². The van der Waals surface area contributed by atoms with E-state index in [4.69, 9.17) is 43.6 Å². The largest absolute Gasteiger partial charge is 0.508 e. The maximum absolute atomic E-state index is 16.3. The van der Waals surface area contributed by atoms with Gasteiger partial charge in [0.05, 0.1) is 56.1 Å². The third-order valence-corrected chi connectivity index (χ3v) is 21.2. The van der Waals surface area contributed by atoms with Crippen molar-refractivity contribution in [3.63, 3.8) is 0 Å². The molecule has 0 aliphatic carbocycles. The zero-order valence-corrected chi connectivity index (χ0v) is 66.1. The van der Waals surface area contributed by atoms with Crippen LogP contribution in [0.4, 0.5) is 0 Å². The molecular weight excluding hydrogens is 1540 g/mol. The SMILES string of the molecule is CC[C@H](CC(C)C)C(=O)N[C@H]1C(=O)N[C@@H](CC(N)=O)C(=O)CN[C@H]2C(=O)N[C@H]3C(=O)N[C@H](C(=O)N[C@H](C(=O)O)c4cc(O)cc(O)c4-c4cc3ccc4O)[C@H](O[C@H]3CC(C)(C)[C@@H](O)[C@H](C)O3)c3ccc(c(C)c3)Oc3cc2cc(c3O[C@@H]2O[C@H](CO)[C@@H](O)[C@H](O)[C@H]2O[C@H]2CC(C)(C)[C@@H](O)[C@H](C)O2)Oc2[c-]cc(cc2)[C@H]1O.[Y]. The monoisotopic (exact) mass is 1640 g/mol. The zero-order chi connectivity index (χ0) is 80.7. The number of phenols is 3. The number of aromatic hydroxyl groups is 3. The van der Waals surface area contributed by atoms with E-state index < -0.39 is 251 Å². The Labute approximate surface area is 669 Å². The molecule has 33 nitrogen and oxygen atoms in total. The fraction of sp³-hybridized carbons (Fsp3) is 0.513. The fourth-order valence-electron chi connectivity index (χ4n) is 15.1. The maximum atomic E-state index is 16.3. The molecule has 6 amide bonds. The molecule has 5 aromatic carbocycles. The van der Waals surface area contributed by atoms with Gasteiger partial charge in [0, 0.05) is 80.0 Å². The van der Waals surface area contributed by atoms with Crippen molar-refractivity contribution in [2.45, 2.75) is 218 Å². The Kier molecular flexibility index (Phi) is 26.9. The fourth-order valence-corrected chi connectivity index (χ4v) is 15.1. The van der Waals surface area contributed by atoms with E-state index in [-0.39, 0.29) is 90.8 Å². The van der Waals surface area contributed by atoms with Crippen molar-refractivity contribution >= 4 is 47.2 Å². The topological polar surface area (TPSA) is 511 Å². The Balaban J connectivity index is 0.0000133. The molecule has 20 atom stereocenters. The molecule has 8 aliphatic rings. The molecular formula is C78H96N7O26Y-. The number of aliphatic hydroxyl groups excluding tert-OH is 6. The number of ketones is 1. The van der Waals surface area contributed by atoms with Gasteiger partial charge in [0.15, 0.2) is 42.0 Å². The van der Waals surface area contributed by atoms with E-state index >= 15 is 19.2 Å². The van der Waals surface area contributed by atoms with Crippen LogP contribution in [-0.4, -0.2) is 197 Å². The number of hydrogen-bond acceptors (Lipinski definition) is 26. The first-order valence-electron chi connectivity index (χ1n) is 36.6. The number of nitrogens with two attached hydrogens (primary N) is 1. The van der Waals surface area contributed by atoms with Gasteiger partial charge in [-0.2, -0.15) is 12.1 Å². The molecule has 11 bridgehead atoms. The van der Waals surface area contributed by atoms with Crippen LogP contribution in [0.25, 0.3) is 11.1 Å². The van der Waals surface area contributed by atoms with Crippen LogP contribution in [0.1, 0.15) is 158 Å². The number of phenolic OH excluding ortho intramolecular Hbond substituents is 3. The summed E-state index contributed by atoms with van der Waals surface area (Å²) in [6.07, 6.45) is -19.5. The molecule has 8 heterocycles. The van der Waals surface area contributed by atoms with Crippen LogP contribution in [0.15, 0.2) is 78.9 Å². The number of carbonyl (C=O) groups excluding carboxylic acids is 7. The number of fused-ring (bicyclic) bond motifs is 16. The number of carboxylic acids is 1. The van der Waals surface area contributed by atoms with Crippen molar-refractivity contribution in [3.8, 4) is 57.1 Å². The van der Waals surface area contributed by atoms with Gasteiger partial charge in [-0.3, -0.25) is 38.9 Å². The van der Waals surface area contributed by atoms with Gasteiger partial charge in [0.2, 0.25) is 47.5 Å². The van der Waals surface area contributed by atoms with Gasteiger partial charge in [0.25, 0.3) is 0 Å². The number of benzene rings is 5. The second-order valence-corrected chi connectivity index (χ2v) is 31.0. The number of nitrogens with one attached hydrogen (secondary N) is 6. The zero-order valence-electron chi connectivity index (χ0n) is 63.2. The standard InChI is InChI=1S/C78H96N7O26.Y/c1-11-36(20-32(2)3)70(97)84-60-62(92)37-12-16-42(17-13-37)106-50-23-40-24-51(66(50)111-76-67(64(94)63(93)52(31-86)108-76)110-55-29-78(9,10)69(96)35(6)105-55)107-49-19-15-39(21-33(49)4)65(109-54-28-77(7,8)68(95)34(5)104-54)61-74(101)83-59(75(102)103)44-25-41(87)26-47(89)56(44)43-22-38(14-18-46(43)88)58(72(99)85-61)82-71(98)57(40)80-30-48(90)45(27-53(79)91)81-73(60)100;/h12-16,18-19,21-26,32,34-36,45,52,54-55,57-65,67-69,76,80,86-89,92-96H,11,20,27-31H2,1-10H3,(H2,79,91)(H,81,100)(H,82,98)(H,83,101)(H,84,97)(H,85,99)(H,102,103);/q-1;/t34-,35-,36+,45-,52+,54-,55-,57+,58+,59-,60+,61-,62+,63+,64-,65+,67+,68-,69-,76-;/m0./s1. The number of hydrogen-bond donors (Lipinski definition) is 17. The van der Waals surface area contributed by atoms with Crippen molar-refractivity contribution < 1.29 is 160 Å². The Morgan fingerprint density at radius 3 is 1.94 bits per heavy atom. The molecule has 0 saturated carbocycles. The van der Waals surface area contributed by atoms with Crippen LogP contribution >= 0.6 is 0 Å². The first-order valence-corrected chi connectivity index (χ1v) is 36.6. The second-order valence-electron chi connectivity index (χ2n) is 31.0. The Morgan fingerprint density at radius 1 is 0.705 bits per heavy atom. The van der Waals surface area contributed by atoms with Crippen molar-refractivity contribution in [1.29, 1.82) is 0 Å². The number of carboxylic acid groups (broad SMARTS) is 1. The predicted octanol–water partition coefficient (Wildman–Crippen LogP) is 3.24. The molecule has 1 radical (unpaired) electrons. The van der Waals surface area contributed by atoms with Gasteiger partial charge in [0.1, 0.15) is 71.6 Å². The van der Waals surface area contributed by atoms with Crippen LogP contribution in [0, 0.1) is 35.7 Å². The first-order chi connectivity index (χ1) is 52.3. The third-order valence-electron chi connectivity index (χ3n) is 21.2. The molecule has 0 aromatic heterocycles. The molecule has 3 fully saturated rings. The van der Waals surface area contributed by atoms with Crippen LogP contribution in [0.5, 0.6) is 46.0 Å². The molecule has 112 heavy (non-hydrogen) atoms. The summed E-state index contributed by atoms with van der Waals surface area (Å²) in [6, 6.07) is 6.21. The van der Waals surface area contributed by atoms with Crippen LogP contribution in [0.2, 0.25) is 0 Å². The molecule has 34 heteroatoms. The van der Waals surface area contributed by atoms with Crippen LogP contribution < -0.4 is 51.8 Å². The summed E-state index contributed by atoms with van der Waals surface area (Å²) in [5.74, 6) is -14.2. The molecule has 18 N–H and O–H groups in total. The molecule has 5 aromatic rings. The summed E-state index contributed by atoms with van der Waals surface area (Å²) in [5.41, 5.74) is 2.21. The summed E-state index contributed by atoms with van der Waals surface area (Å²) in [7, 11) is 0. The summed E-state index contributed by atoms with van der Waals surface area (Å²) in [4.78, 5) is 119. The Morgan fingerprint density at radius 2 is 1.34 bits per heavy atom. The Bertz CT molecular complexity index is 4360. The van der Waals surface area contributed by atoms with Gasteiger partial charge in [-0.1, -0.05) is 60.6 Å². The number of ether oxygens (including phenoxy) is 8. The molecule has 0 spiro atoms. The quantitative estimate of drug-likeness (QED) is 0.0669. The maximum Gasteiger partial charge on any atom is 0.330 e. The van der Waals surface area contributed by atoms with Crippen LogP contribution in [-0.2, 0) is 94.7 Å². The minimum absolute atomic E-state index is 0. The minimum Gasteiger partial charge on any atom is -0.508 e. The average molecular weight is 1640 g/mol. The van der Waals surface area contributed by atoms with Gasteiger partial charge in [-0.15, -0.1) is 17.7 Å². The number of carbonyl (C=O) groups is 8. The predicted molar refractivity (Wildman–Crippen MR) is 387 cm³/mol. The number of amides is 6. The van der Waals surface area contributed by atoms with Gasteiger partial charge < -0.3 is 121 Å². The number of aliphatic carboxylic acids is 1. The van der Waals surface area contributed by atoms with E-state index in [0.29, 0.717) is 12.8 Å². The molecule has 13 rings (SSSR count). The molecule has 8 aliphatic heterocycles. The van der Waals surface area contributed by atoms with Crippen molar-refractivity contribution in [2.75, 3.05) is 13.2 Å². The normalized spacial score (nSPS) is 30.2. The van der Waals surface area contributed by atoms with Crippen molar-refractivity contribution in [1.82, 2.24) is 31.9 Å².